The van der Waals surface area contributed by atoms with Gasteiger partial charge in [-0.15, -0.1) is 0 Å². The molecule has 0 radical (unpaired) electrons. The molecule has 1 aliphatic carbocycles. The Hall–Kier alpha value is -2.89. The molecule has 28 heavy (non-hydrogen) atoms. The third kappa shape index (κ3) is 3.86. The number of rotatable bonds is 6. The Kier molecular flexibility index (Phi) is 5.68. The molecule has 1 aromatic rings. The lowest BCUT2D eigenvalue weighted by molar-refractivity contribution is -0.129. The summed E-state index contributed by atoms with van der Waals surface area (Å²) in [4.78, 5) is 39.0. The molecule has 0 aromatic heterocycles. The quantitative estimate of drug-likeness (QED) is 0.764. The van der Waals surface area contributed by atoms with E-state index < -0.39 is 17.5 Å². The molecule has 0 spiro atoms. The van der Waals surface area contributed by atoms with Crippen LogP contribution in [0.1, 0.15) is 33.3 Å². The standard InChI is InChI=1S/C22H25NO5/c1-12(2)27-20-18(24)16-11-23-22(26)15(10-14-8-6-5-7-9-14)17(16)19(25)21(20)28-13(3)4/h5-9,12-13,15H,10-11H2,1-4H3,(H,23,26). The molecule has 0 saturated carbocycles. The Bertz CT molecular complexity index is 864. The summed E-state index contributed by atoms with van der Waals surface area (Å²) in [6, 6.07) is 9.43. The molecule has 1 unspecified atom stereocenters. The van der Waals surface area contributed by atoms with Crippen LogP contribution in [0.25, 0.3) is 0 Å². The van der Waals surface area contributed by atoms with Crippen molar-refractivity contribution < 1.29 is 23.9 Å². The molecule has 1 amide bonds. The zero-order valence-electron chi connectivity index (χ0n) is 16.6. The van der Waals surface area contributed by atoms with Gasteiger partial charge in [0, 0.05) is 17.7 Å². The molecule has 6 nitrogen and oxygen atoms in total. The van der Waals surface area contributed by atoms with E-state index in [1.807, 2.05) is 30.3 Å². The van der Waals surface area contributed by atoms with E-state index in [9.17, 15) is 14.4 Å². The highest BCUT2D eigenvalue weighted by Crippen LogP contribution is 2.35. The van der Waals surface area contributed by atoms with E-state index >= 15 is 0 Å². The van der Waals surface area contributed by atoms with Crippen molar-refractivity contribution in [2.45, 2.75) is 46.3 Å². The van der Waals surface area contributed by atoms with Crippen LogP contribution in [-0.2, 0) is 30.3 Å². The maximum absolute atomic E-state index is 13.3. The average Bonchev–Trinajstić information content (AvgIpc) is 2.64. The summed E-state index contributed by atoms with van der Waals surface area (Å²) in [5.74, 6) is -2.00. The summed E-state index contributed by atoms with van der Waals surface area (Å²) in [6.45, 7) is 7.13. The van der Waals surface area contributed by atoms with Gasteiger partial charge in [-0.3, -0.25) is 14.4 Å². The molecule has 1 N–H and O–H groups in total. The largest absolute Gasteiger partial charge is 0.483 e. The van der Waals surface area contributed by atoms with Gasteiger partial charge in [0.15, 0.2) is 0 Å². The molecule has 0 saturated heterocycles. The minimum absolute atomic E-state index is 0.0178. The molecule has 3 rings (SSSR count). The van der Waals surface area contributed by atoms with E-state index in [-0.39, 0.29) is 47.3 Å². The first-order valence-electron chi connectivity index (χ1n) is 9.51. The van der Waals surface area contributed by atoms with Crippen LogP contribution in [0.2, 0.25) is 0 Å². The van der Waals surface area contributed by atoms with Gasteiger partial charge in [-0.05, 0) is 39.7 Å². The van der Waals surface area contributed by atoms with E-state index in [1.165, 1.54) is 0 Å². The zero-order valence-corrected chi connectivity index (χ0v) is 16.6. The van der Waals surface area contributed by atoms with Crippen molar-refractivity contribution in [1.29, 1.82) is 0 Å². The number of hydrogen-bond donors (Lipinski definition) is 1. The van der Waals surface area contributed by atoms with Gasteiger partial charge in [0.25, 0.3) is 0 Å². The third-order valence-corrected chi connectivity index (χ3v) is 4.56. The minimum atomic E-state index is -0.742. The fourth-order valence-corrected chi connectivity index (χ4v) is 3.43. The van der Waals surface area contributed by atoms with Gasteiger partial charge in [0.05, 0.1) is 18.1 Å². The van der Waals surface area contributed by atoms with E-state index in [0.717, 1.165) is 5.56 Å². The van der Waals surface area contributed by atoms with Crippen LogP contribution in [0.5, 0.6) is 0 Å². The van der Waals surface area contributed by atoms with Crippen LogP contribution < -0.4 is 5.32 Å². The van der Waals surface area contributed by atoms with Crippen molar-refractivity contribution in [3.8, 4) is 0 Å². The highest BCUT2D eigenvalue weighted by molar-refractivity contribution is 6.26. The van der Waals surface area contributed by atoms with Gasteiger partial charge in [0.2, 0.25) is 29.0 Å². The number of ether oxygens (including phenoxy) is 2. The predicted molar refractivity (Wildman–Crippen MR) is 103 cm³/mol. The first-order valence-corrected chi connectivity index (χ1v) is 9.51. The fourth-order valence-electron chi connectivity index (χ4n) is 3.43. The summed E-state index contributed by atoms with van der Waals surface area (Å²) < 4.78 is 11.3. The lowest BCUT2D eigenvalue weighted by atomic mass is 9.78. The second-order valence-corrected chi connectivity index (χ2v) is 7.50. The Morgan fingerprint density at radius 3 is 2.07 bits per heavy atom. The lowest BCUT2D eigenvalue weighted by Crippen LogP contribution is -2.46. The van der Waals surface area contributed by atoms with Crippen LogP contribution in [-0.4, -0.2) is 36.2 Å². The predicted octanol–water partition coefficient (Wildman–Crippen LogP) is 2.49. The number of benzene rings is 1. The molecule has 1 aliphatic heterocycles. The molecule has 0 bridgehead atoms. The number of amides is 1. The lowest BCUT2D eigenvalue weighted by Gasteiger charge is -2.32. The zero-order chi connectivity index (χ0) is 20.4. The van der Waals surface area contributed by atoms with E-state index in [1.54, 1.807) is 27.7 Å². The Balaban J connectivity index is 2.05. The number of ketones is 2. The topological polar surface area (TPSA) is 81.7 Å². The summed E-state index contributed by atoms with van der Waals surface area (Å²) in [7, 11) is 0. The monoisotopic (exact) mass is 383 g/mol. The van der Waals surface area contributed by atoms with Crippen molar-refractivity contribution in [1.82, 2.24) is 5.32 Å². The van der Waals surface area contributed by atoms with Gasteiger partial charge < -0.3 is 14.8 Å². The SMILES string of the molecule is CC(C)OC1=C(OC(C)C)C(=O)C2=C(CNC(=O)C2Cc2ccccc2)C1=O. The normalized spacial score (nSPS) is 19.9. The summed E-state index contributed by atoms with van der Waals surface area (Å²) in [5.41, 5.74) is 1.43. The van der Waals surface area contributed by atoms with Crippen LogP contribution in [0.15, 0.2) is 53.0 Å². The Morgan fingerprint density at radius 2 is 1.50 bits per heavy atom. The van der Waals surface area contributed by atoms with Crippen molar-refractivity contribution in [3.05, 3.63) is 58.6 Å². The van der Waals surface area contributed by atoms with Gasteiger partial charge in [0.1, 0.15) is 0 Å². The van der Waals surface area contributed by atoms with Crippen LogP contribution in [0.3, 0.4) is 0 Å². The molecular weight excluding hydrogens is 358 g/mol. The van der Waals surface area contributed by atoms with E-state index in [2.05, 4.69) is 5.32 Å². The summed E-state index contributed by atoms with van der Waals surface area (Å²) in [6.07, 6.45) is -0.276. The van der Waals surface area contributed by atoms with Crippen molar-refractivity contribution in [2.75, 3.05) is 6.54 Å². The van der Waals surface area contributed by atoms with Crippen molar-refractivity contribution >= 4 is 17.5 Å². The molecule has 148 valence electrons. The van der Waals surface area contributed by atoms with Crippen LogP contribution in [0.4, 0.5) is 0 Å². The maximum atomic E-state index is 13.3. The van der Waals surface area contributed by atoms with Crippen LogP contribution >= 0.6 is 0 Å². The highest BCUT2D eigenvalue weighted by atomic mass is 16.5. The highest BCUT2D eigenvalue weighted by Gasteiger charge is 2.45. The van der Waals surface area contributed by atoms with Crippen LogP contribution in [0, 0.1) is 5.92 Å². The smallest absolute Gasteiger partial charge is 0.229 e. The number of Topliss-reactive ketones (excluding diaryl/α,β-unsaturated/α-hetero) is 2. The van der Waals surface area contributed by atoms with Gasteiger partial charge >= 0.3 is 0 Å². The van der Waals surface area contributed by atoms with E-state index in [0.29, 0.717) is 6.42 Å². The molecule has 1 aromatic carbocycles. The average molecular weight is 383 g/mol. The van der Waals surface area contributed by atoms with Crippen molar-refractivity contribution in [3.63, 3.8) is 0 Å². The maximum Gasteiger partial charge on any atom is 0.229 e. The number of carbonyl (C=O) groups is 3. The number of hydrogen-bond acceptors (Lipinski definition) is 5. The second-order valence-electron chi connectivity index (χ2n) is 7.50. The molecule has 1 atom stereocenters. The summed E-state index contributed by atoms with van der Waals surface area (Å²) in [5, 5.41) is 2.74. The minimum Gasteiger partial charge on any atom is -0.483 e. The van der Waals surface area contributed by atoms with Gasteiger partial charge in [-0.1, -0.05) is 30.3 Å². The molecular formula is C22H25NO5. The third-order valence-electron chi connectivity index (χ3n) is 4.56. The first kappa shape index (κ1) is 19.9. The Morgan fingerprint density at radius 1 is 0.929 bits per heavy atom. The molecule has 1 heterocycles. The second kappa shape index (κ2) is 8.00. The number of carbonyl (C=O) groups excluding carboxylic acids is 3. The Labute approximate surface area is 164 Å². The number of allylic oxidation sites excluding steroid dienone is 2. The van der Waals surface area contributed by atoms with E-state index in [4.69, 9.17) is 9.47 Å². The first-order chi connectivity index (χ1) is 13.3. The number of nitrogens with one attached hydrogen (secondary N) is 1. The molecule has 6 heteroatoms. The summed E-state index contributed by atoms with van der Waals surface area (Å²) >= 11 is 0. The fraction of sp³-hybridized carbons (Fsp3) is 0.409. The van der Waals surface area contributed by atoms with Gasteiger partial charge in [-0.2, -0.15) is 0 Å². The molecule has 2 aliphatic rings. The van der Waals surface area contributed by atoms with Gasteiger partial charge in [-0.25, -0.2) is 0 Å². The van der Waals surface area contributed by atoms with Crippen molar-refractivity contribution in [2.24, 2.45) is 5.92 Å². The molecule has 0 fully saturated rings.